The Morgan fingerprint density at radius 3 is 2.65 bits per heavy atom. The summed E-state index contributed by atoms with van der Waals surface area (Å²) in [5.41, 5.74) is 1.52. The fourth-order valence-corrected chi connectivity index (χ4v) is 2.81. The summed E-state index contributed by atoms with van der Waals surface area (Å²) in [4.78, 5) is 10.9. The first kappa shape index (κ1) is 14.8. The molecule has 0 unspecified atom stereocenters. The van der Waals surface area contributed by atoms with Crippen molar-refractivity contribution in [2.75, 3.05) is 0 Å². The van der Waals surface area contributed by atoms with Crippen LogP contribution in [0.3, 0.4) is 0 Å². The Kier molecular flexibility index (Phi) is 4.99. The van der Waals surface area contributed by atoms with E-state index in [0.717, 1.165) is 31.2 Å². The third kappa shape index (κ3) is 3.72. The van der Waals surface area contributed by atoms with E-state index in [1.165, 1.54) is 0 Å². The summed E-state index contributed by atoms with van der Waals surface area (Å²) in [5.74, 6) is -0.870. The molecule has 0 aliphatic heterocycles. The third-order valence-corrected chi connectivity index (χ3v) is 4.19. The Morgan fingerprint density at radius 1 is 1.40 bits per heavy atom. The normalized spacial score (nSPS) is 22.2. The minimum absolute atomic E-state index is 0.188. The molecule has 1 aromatic carbocycles. The highest BCUT2D eigenvalue weighted by molar-refractivity contribution is 6.31. The van der Waals surface area contributed by atoms with Crippen molar-refractivity contribution in [3.05, 3.63) is 34.3 Å². The Bertz CT molecular complexity index is 531. The number of nitriles is 1. The molecule has 1 fully saturated rings. The molecular weight excluding hydrogens is 276 g/mol. The van der Waals surface area contributed by atoms with Crippen LogP contribution in [0.4, 0.5) is 0 Å². The summed E-state index contributed by atoms with van der Waals surface area (Å²) in [5, 5.41) is 21.7. The van der Waals surface area contributed by atoms with Gasteiger partial charge in [-0.15, -0.1) is 0 Å². The number of rotatable bonds is 4. The number of hydrogen-bond donors (Lipinski definition) is 2. The smallest absolute Gasteiger partial charge is 0.306 e. The Labute approximate surface area is 123 Å². The number of hydrogen-bond acceptors (Lipinski definition) is 3. The van der Waals surface area contributed by atoms with Gasteiger partial charge in [0.05, 0.1) is 17.6 Å². The van der Waals surface area contributed by atoms with Crippen molar-refractivity contribution in [1.82, 2.24) is 5.32 Å². The second-order valence-corrected chi connectivity index (χ2v) is 5.59. The molecule has 1 aromatic rings. The van der Waals surface area contributed by atoms with E-state index in [1.807, 2.05) is 6.07 Å². The number of carboxylic acid groups (broad SMARTS) is 1. The molecule has 0 aromatic heterocycles. The number of carboxylic acids is 1. The average molecular weight is 293 g/mol. The van der Waals surface area contributed by atoms with Crippen LogP contribution >= 0.6 is 11.6 Å². The lowest BCUT2D eigenvalue weighted by atomic mass is 9.86. The summed E-state index contributed by atoms with van der Waals surface area (Å²) in [6.45, 7) is 0.646. The predicted molar refractivity (Wildman–Crippen MR) is 76.4 cm³/mol. The van der Waals surface area contributed by atoms with Crippen LogP contribution in [0.2, 0.25) is 5.02 Å². The molecule has 0 amide bonds. The van der Waals surface area contributed by atoms with E-state index < -0.39 is 5.97 Å². The standard InChI is InChI=1S/C15H17ClN2O2/c16-14-7-10(8-17)1-2-12(14)9-18-13-5-3-11(4-6-13)15(19)20/h1-2,7,11,13,18H,3-6,9H2,(H,19,20). The number of nitrogens with one attached hydrogen (secondary N) is 1. The van der Waals surface area contributed by atoms with Crippen molar-refractivity contribution >= 4 is 17.6 Å². The minimum atomic E-state index is -0.682. The molecule has 5 heteroatoms. The van der Waals surface area contributed by atoms with Crippen LogP contribution in [0.15, 0.2) is 18.2 Å². The first-order chi connectivity index (χ1) is 9.60. The summed E-state index contributed by atoms with van der Waals surface area (Å²) in [7, 11) is 0. The largest absolute Gasteiger partial charge is 0.481 e. The average Bonchev–Trinajstić information content (AvgIpc) is 2.46. The lowest BCUT2D eigenvalue weighted by molar-refractivity contribution is -0.142. The summed E-state index contributed by atoms with van der Waals surface area (Å²) < 4.78 is 0. The van der Waals surface area contributed by atoms with Crippen LogP contribution in [0, 0.1) is 17.2 Å². The quantitative estimate of drug-likeness (QED) is 0.895. The molecule has 20 heavy (non-hydrogen) atoms. The van der Waals surface area contributed by atoms with Gasteiger partial charge in [-0.25, -0.2) is 0 Å². The topological polar surface area (TPSA) is 73.1 Å². The van der Waals surface area contributed by atoms with E-state index >= 15 is 0 Å². The third-order valence-electron chi connectivity index (χ3n) is 3.84. The van der Waals surface area contributed by atoms with Gasteiger partial charge < -0.3 is 10.4 Å². The van der Waals surface area contributed by atoms with Crippen LogP contribution in [0.5, 0.6) is 0 Å². The van der Waals surface area contributed by atoms with E-state index in [1.54, 1.807) is 12.1 Å². The Morgan fingerprint density at radius 2 is 2.10 bits per heavy atom. The summed E-state index contributed by atoms with van der Waals surface area (Å²) in [6, 6.07) is 7.68. The maximum Gasteiger partial charge on any atom is 0.306 e. The Balaban J connectivity index is 1.85. The molecule has 0 bridgehead atoms. The minimum Gasteiger partial charge on any atom is -0.481 e. The lowest BCUT2D eigenvalue weighted by Gasteiger charge is -2.27. The maximum absolute atomic E-state index is 10.9. The molecule has 2 N–H and O–H groups in total. The fourth-order valence-electron chi connectivity index (χ4n) is 2.56. The van der Waals surface area contributed by atoms with E-state index in [-0.39, 0.29) is 5.92 Å². The molecule has 2 rings (SSSR count). The highest BCUT2D eigenvalue weighted by atomic mass is 35.5. The predicted octanol–water partition coefficient (Wildman–Crippen LogP) is 2.94. The zero-order chi connectivity index (χ0) is 14.5. The summed E-state index contributed by atoms with van der Waals surface area (Å²) >= 11 is 6.12. The highest BCUT2D eigenvalue weighted by Crippen LogP contribution is 2.25. The molecule has 0 saturated heterocycles. The zero-order valence-corrected chi connectivity index (χ0v) is 11.9. The van der Waals surface area contributed by atoms with Crippen molar-refractivity contribution in [1.29, 1.82) is 5.26 Å². The van der Waals surface area contributed by atoms with Crippen LogP contribution in [0.25, 0.3) is 0 Å². The molecule has 106 valence electrons. The number of nitrogens with zero attached hydrogens (tertiary/aromatic N) is 1. The van der Waals surface area contributed by atoms with Crippen LogP contribution in [-0.4, -0.2) is 17.1 Å². The molecular formula is C15H17ClN2O2. The molecule has 0 radical (unpaired) electrons. The van der Waals surface area contributed by atoms with Crippen molar-refractivity contribution in [3.8, 4) is 6.07 Å². The van der Waals surface area contributed by atoms with Crippen LogP contribution < -0.4 is 5.32 Å². The van der Waals surface area contributed by atoms with Gasteiger partial charge in [0.1, 0.15) is 0 Å². The monoisotopic (exact) mass is 292 g/mol. The number of carbonyl (C=O) groups is 1. The second-order valence-electron chi connectivity index (χ2n) is 5.19. The first-order valence-corrected chi connectivity index (χ1v) is 7.12. The van der Waals surface area contributed by atoms with Gasteiger partial charge in [-0.3, -0.25) is 4.79 Å². The van der Waals surface area contributed by atoms with Crippen LogP contribution in [-0.2, 0) is 11.3 Å². The van der Waals surface area contributed by atoms with E-state index in [2.05, 4.69) is 11.4 Å². The second kappa shape index (κ2) is 6.74. The van der Waals surface area contributed by atoms with Crippen molar-refractivity contribution < 1.29 is 9.90 Å². The van der Waals surface area contributed by atoms with Gasteiger partial charge in [-0.1, -0.05) is 17.7 Å². The van der Waals surface area contributed by atoms with Gasteiger partial charge in [0, 0.05) is 17.6 Å². The fraction of sp³-hybridized carbons (Fsp3) is 0.467. The molecule has 0 spiro atoms. The van der Waals surface area contributed by atoms with Crippen LogP contribution in [0.1, 0.15) is 36.8 Å². The van der Waals surface area contributed by atoms with Gasteiger partial charge in [-0.2, -0.15) is 5.26 Å². The van der Waals surface area contributed by atoms with Gasteiger partial charge in [0.2, 0.25) is 0 Å². The van der Waals surface area contributed by atoms with Gasteiger partial charge in [-0.05, 0) is 43.4 Å². The highest BCUT2D eigenvalue weighted by Gasteiger charge is 2.25. The van der Waals surface area contributed by atoms with E-state index in [4.69, 9.17) is 22.0 Å². The van der Waals surface area contributed by atoms with Gasteiger partial charge in [0.25, 0.3) is 0 Å². The molecule has 0 atom stereocenters. The van der Waals surface area contributed by atoms with Crippen molar-refractivity contribution in [2.24, 2.45) is 5.92 Å². The van der Waals surface area contributed by atoms with Gasteiger partial charge in [0.15, 0.2) is 0 Å². The molecule has 1 saturated carbocycles. The lowest BCUT2D eigenvalue weighted by Crippen LogP contribution is -2.34. The number of halogens is 1. The summed E-state index contributed by atoms with van der Waals surface area (Å²) in [6.07, 6.45) is 3.22. The zero-order valence-electron chi connectivity index (χ0n) is 11.1. The van der Waals surface area contributed by atoms with Crippen molar-refractivity contribution in [3.63, 3.8) is 0 Å². The first-order valence-electron chi connectivity index (χ1n) is 6.75. The number of benzene rings is 1. The van der Waals surface area contributed by atoms with E-state index in [9.17, 15) is 4.79 Å². The SMILES string of the molecule is N#Cc1ccc(CNC2CCC(C(=O)O)CC2)c(Cl)c1. The maximum atomic E-state index is 10.9. The Hall–Kier alpha value is -1.57. The molecule has 1 aliphatic carbocycles. The molecule has 1 aliphatic rings. The number of aliphatic carboxylic acids is 1. The molecule has 4 nitrogen and oxygen atoms in total. The molecule has 0 heterocycles. The van der Waals surface area contributed by atoms with Crippen molar-refractivity contribution in [2.45, 2.75) is 38.3 Å². The van der Waals surface area contributed by atoms with E-state index in [0.29, 0.717) is 23.2 Å². The van der Waals surface area contributed by atoms with Gasteiger partial charge >= 0.3 is 5.97 Å².